The molecule has 1 aromatic rings. The van der Waals surface area contributed by atoms with Gasteiger partial charge in [0.25, 0.3) is 0 Å². The highest BCUT2D eigenvalue weighted by molar-refractivity contribution is 7.07. The van der Waals surface area contributed by atoms with Crippen molar-refractivity contribution < 1.29 is 0 Å². The third-order valence-electron chi connectivity index (χ3n) is 3.54. The first-order valence-electron chi connectivity index (χ1n) is 7.11. The predicted molar refractivity (Wildman–Crippen MR) is 82.0 cm³/mol. The molecular formula is C15H28N2S. The standard InChI is InChI=1S/C15H28N2S/c1-5-14(6-2)17(10-12(3)4)15(9-16)13-7-8-18-11-13/h7-8,11-12,14-15H,5-6,9-10,16H2,1-4H3. The average molecular weight is 268 g/mol. The predicted octanol–water partition coefficient (Wildman–Crippen LogP) is 3.89. The van der Waals surface area contributed by atoms with Crippen molar-refractivity contribution in [2.24, 2.45) is 11.7 Å². The number of thiophene rings is 1. The van der Waals surface area contributed by atoms with Gasteiger partial charge >= 0.3 is 0 Å². The first-order valence-corrected chi connectivity index (χ1v) is 8.06. The maximum Gasteiger partial charge on any atom is 0.0481 e. The Morgan fingerprint density at radius 2 is 1.94 bits per heavy atom. The van der Waals surface area contributed by atoms with Crippen molar-refractivity contribution in [3.05, 3.63) is 22.4 Å². The van der Waals surface area contributed by atoms with E-state index in [2.05, 4.69) is 49.4 Å². The van der Waals surface area contributed by atoms with Crippen LogP contribution in [-0.2, 0) is 0 Å². The van der Waals surface area contributed by atoms with Crippen molar-refractivity contribution >= 4 is 11.3 Å². The molecule has 0 aromatic carbocycles. The van der Waals surface area contributed by atoms with E-state index in [1.54, 1.807) is 11.3 Å². The molecule has 0 fully saturated rings. The van der Waals surface area contributed by atoms with Gasteiger partial charge in [-0.05, 0) is 41.1 Å². The SMILES string of the molecule is CCC(CC)N(CC(C)C)C(CN)c1ccsc1. The number of nitrogens with zero attached hydrogens (tertiary/aromatic N) is 1. The van der Waals surface area contributed by atoms with Gasteiger partial charge in [0.05, 0.1) is 0 Å². The number of hydrogen-bond acceptors (Lipinski definition) is 3. The minimum absolute atomic E-state index is 0.378. The highest BCUT2D eigenvalue weighted by Gasteiger charge is 2.25. The summed E-state index contributed by atoms with van der Waals surface area (Å²) in [5.74, 6) is 0.679. The fourth-order valence-corrected chi connectivity index (χ4v) is 3.34. The first kappa shape index (κ1) is 15.7. The van der Waals surface area contributed by atoms with Crippen molar-refractivity contribution in [1.82, 2.24) is 4.90 Å². The lowest BCUT2D eigenvalue weighted by atomic mass is 10.0. The summed E-state index contributed by atoms with van der Waals surface area (Å²) in [6.45, 7) is 11.0. The molecule has 2 nitrogen and oxygen atoms in total. The Kier molecular flexibility index (Phi) is 6.90. The molecule has 1 atom stereocenters. The monoisotopic (exact) mass is 268 g/mol. The van der Waals surface area contributed by atoms with Gasteiger partial charge in [0, 0.05) is 25.2 Å². The molecular weight excluding hydrogens is 240 g/mol. The molecule has 0 aliphatic rings. The van der Waals surface area contributed by atoms with Crippen molar-refractivity contribution in [3.63, 3.8) is 0 Å². The lowest BCUT2D eigenvalue weighted by Crippen LogP contribution is -2.42. The van der Waals surface area contributed by atoms with Gasteiger partial charge in [-0.25, -0.2) is 0 Å². The Labute approximate surface area is 116 Å². The van der Waals surface area contributed by atoms with Crippen LogP contribution < -0.4 is 5.73 Å². The van der Waals surface area contributed by atoms with Crippen LogP contribution in [0.25, 0.3) is 0 Å². The third kappa shape index (κ3) is 4.08. The van der Waals surface area contributed by atoms with E-state index in [-0.39, 0.29) is 0 Å². The molecule has 1 aromatic heterocycles. The molecule has 104 valence electrons. The van der Waals surface area contributed by atoms with E-state index in [0.29, 0.717) is 24.5 Å². The van der Waals surface area contributed by atoms with Crippen LogP contribution >= 0.6 is 11.3 Å². The summed E-state index contributed by atoms with van der Waals surface area (Å²) >= 11 is 1.76. The molecule has 0 saturated carbocycles. The van der Waals surface area contributed by atoms with Crippen LogP contribution in [0.2, 0.25) is 0 Å². The normalized spacial score (nSPS) is 13.8. The van der Waals surface area contributed by atoms with Crippen LogP contribution in [0.5, 0.6) is 0 Å². The highest BCUT2D eigenvalue weighted by atomic mass is 32.1. The van der Waals surface area contributed by atoms with Gasteiger partial charge in [-0.15, -0.1) is 0 Å². The summed E-state index contributed by atoms with van der Waals surface area (Å²) < 4.78 is 0. The Hall–Kier alpha value is -0.380. The number of rotatable bonds is 8. The van der Waals surface area contributed by atoms with Crippen molar-refractivity contribution in [1.29, 1.82) is 0 Å². The fourth-order valence-electron chi connectivity index (χ4n) is 2.64. The number of hydrogen-bond donors (Lipinski definition) is 1. The molecule has 0 aliphatic heterocycles. The van der Waals surface area contributed by atoms with E-state index >= 15 is 0 Å². The minimum Gasteiger partial charge on any atom is -0.329 e. The average Bonchev–Trinajstić information content (AvgIpc) is 2.84. The summed E-state index contributed by atoms with van der Waals surface area (Å²) in [5.41, 5.74) is 7.44. The van der Waals surface area contributed by atoms with E-state index in [1.807, 2.05) is 0 Å². The molecule has 0 spiro atoms. The molecule has 0 saturated heterocycles. The summed E-state index contributed by atoms with van der Waals surface area (Å²) in [6.07, 6.45) is 2.40. The Morgan fingerprint density at radius 1 is 1.28 bits per heavy atom. The third-order valence-corrected chi connectivity index (χ3v) is 4.24. The summed E-state index contributed by atoms with van der Waals surface area (Å²) in [6, 6.07) is 3.24. The maximum atomic E-state index is 6.05. The molecule has 3 heteroatoms. The molecule has 0 bridgehead atoms. The highest BCUT2D eigenvalue weighted by Crippen LogP contribution is 2.27. The largest absolute Gasteiger partial charge is 0.329 e. The van der Waals surface area contributed by atoms with Gasteiger partial charge in [-0.3, -0.25) is 4.90 Å². The van der Waals surface area contributed by atoms with E-state index in [9.17, 15) is 0 Å². The first-order chi connectivity index (χ1) is 8.63. The zero-order chi connectivity index (χ0) is 13.5. The quantitative estimate of drug-likeness (QED) is 0.775. The second-order valence-electron chi connectivity index (χ2n) is 5.37. The molecule has 1 rings (SSSR count). The molecule has 0 amide bonds. The Bertz CT molecular complexity index is 304. The number of nitrogens with two attached hydrogens (primary N) is 1. The van der Waals surface area contributed by atoms with E-state index < -0.39 is 0 Å². The maximum absolute atomic E-state index is 6.05. The molecule has 1 heterocycles. The van der Waals surface area contributed by atoms with Crippen LogP contribution in [0.1, 0.15) is 52.1 Å². The zero-order valence-corrected chi connectivity index (χ0v) is 13.0. The van der Waals surface area contributed by atoms with Crippen LogP contribution in [0, 0.1) is 5.92 Å². The van der Waals surface area contributed by atoms with Gasteiger partial charge in [0.15, 0.2) is 0 Å². The summed E-state index contributed by atoms with van der Waals surface area (Å²) in [4.78, 5) is 2.62. The minimum atomic E-state index is 0.378. The van der Waals surface area contributed by atoms with Crippen LogP contribution in [0.15, 0.2) is 16.8 Å². The zero-order valence-electron chi connectivity index (χ0n) is 12.2. The smallest absolute Gasteiger partial charge is 0.0481 e. The summed E-state index contributed by atoms with van der Waals surface area (Å²) in [7, 11) is 0. The van der Waals surface area contributed by atoms with Crippen molar-refractivity contribution in [2.75, 3.05) is 13.1 Å². The second-order valence-corrected chi connectivity index (χ2v) is 6.15. The molecule has 2 N–H and O–H groups in total. The second kappa shape index (κ2) is 7.93. The van der Waals surface area contributed by atoms with Crippen LogP contribution in [-0.4, -0.2) is 24.0 Å². The Balaban J connectivity index is 2.91. The fraction of sp³-hybridized carbons (Fsp3) is 0.733. The van der Waals surface area contributed by atoms with Gasteiger partial charge < -0.3 is 5.73 Å². The lowest BCUT2D eigenvalue weighted by molar-refractivity contribution is 0.113. The van der Waals surface area contributed by atoms with E-state index in [1.165, 1.54) is 18.4 Å². The lowest BCUT2D eigenvalue weighted by Gasteiger charge is -2.38. The molecule has 0 aliphatic carbocycles. The molecule has 1 unspecified atom stereocenters. The van der Waals surface area contributed by atoms with Gasteiger partial charge in [0.1, 0.15) is 0 Å². The van der Waals surface area contributed by atoms with Gasteiger partial charge in [0.2, 0.25) is 0 Å². The molecule has 18 heavy (non-hydrogen) atoms. The van der Waals surface area contributed by atoms with Crippen LogP contribution in [0.3, 0.4) is 0 Å². The van der Waals surface area contributed by atoms with E-state index in [4.69, 9.17) is 5.73 Å². The summed E-state index contributed by atoms with van der Waals surface area (Å²) in [5, 5.41) is 4.39. The Morgan fingerprint density at radius 3 is 2.33 bits per heavy atom. The van der Waals surface area contributed by atoms with Crippen molar-refractivity contribution in [2.45, 2.75) is 52.6 Å². The van der Waals surface area contributed by atoms with Gasteiger partial charge in [-0.1, -0.05) is 27.7 Å². The van der Waals surface area contributed by atoms with Crippen LogP contribution in [0.4, 0.5) is 0 Å². The topological polar surface area (TPSA) is 29.3 Å². The van der Waals surface area contributed by atoms with Crippen molar-refractivity contribution in [3.8, 4) is 0 Å². The van der Waals surface area contributed by atoms with Gasteiger partial charge in [-0.2, -0.15) is 11.3 Å². The molecule has 0 radical (unpaired) electrons. The van der Waals surface area contributed by atoms with E-state index in [0.717, 1.165) is 6.54 Å².